The van der Waals surface area contributed by atoms with Crippen molar-refractivity contribution in [3.8, 4) is 0 Å². The third-order valence-electron chi connectivity index (χ3n) is 3.13. The Balaban J connectivity index is 2.06. The summed E-state index contributed by atoms with van der Waals surface area (Å²) in [5.41, 5.74) is 6.89. The van der Waals surface area contributed by atoms with Gasteiger partial charge in [0.1, 0.15) is 0 Å². The van der Waals surface area contributed by atoms with E-state index in [9.17, 15) is 9.59 Å². The highest BCUT2D eigenvalue weighted by Gasteiger charge is 2.13. The first-order valence-corrected chi connectivity index (χ1v) is 7.07. The molecule has 0 aromatic heterocycles. The number of hydrogen-bond acceptors (Lipinski definition) is 2. The number of nitrogens with two attached hydrogens (primary N) is 1. The molecule has 114 valence electrons. The van der Waals surface area contributed by atoms with Crippen molar-refractivity contribution in [3.05, 3.63) is 64.7 Å². The summed E-state index contributed by atoms with van der Waals surface area (Å²) in [6.45, 7) is 1.86. The Bertz CT molecular complexity index is 686. The summed E-state index contributed by atoms with van der Waals surface area (Å²) >= 11 is 6.11. The Morgan fingerprint density at radius 3 is 2.32 bits per heavy atom. The van der Waals surface area contributed by atoms with Gasteiger partial charge in [-0.15, -0.1) is 0 Å². The maximum atomic E-state index is 12.2. The van der Waals surface area contributed by atoms with Crippen molar-refractivity contribution in [2.24, 2.45) is 5.73 Å². The van der Waals surface area contributed by atoms with Gasteiger partial charge < -0.3 is 16.4 Å². The van der Waals surface area contributed by atoms with Crippen molar-refractivity contribution in [2.45, 2.75) is 13.0 Å². The highest BCUT2D eigenvalue weighted by atomic mass is 35.5. The quantitative estimate of drug-likeness (QED) is 0.808. The lowest BCUT2D eigenvalue weighted by atomic mass is 10.1. The molecule has 0 saturated heterocycles. The lowest BCUT2D eigenvalue weighted by Crippen LogP contribution is -2.26. The van der Waals surface area contributed by atoms with Crippen LogP contribution < -0.4 is 16.4 Å². The van der Waals surface area contributed by atoms with Gasteiger partial charge in [-0.25, -0.2) is 4.79 Å². The van der Waals surface area contributed by atoms with Gasteiger partial charge in [0, 0.05) is 16.3 Å². The molecule has 6 heteroatoms. The van der Waals surface area contributed by atoms with Crippen LogP contribution in [0.25, 0.3) is 0 Å². The first-order valence-electron chi connectivity index (χ1n) is 6.69. The van der Waals surface area contributed by atoms with Crippen LogP contribution in [0.2, 0.25) is 5.02 Å². The molecule has 4 N–H and O–H groups in total. The molecule has 1 atom stereocenters. The van der Waals surface area contributed by atoms with Gasteiger partial charge in [0.05, 0.1) is 6.04 Å². The SMILES string of the molecule is CC(NC(=O)c1ccc(NC(N)=O)cc1)c1ccccc1Cl. The van der Waals surface area contributed by atoms with Crippen molar-refractivity contribution < 1.29 is 9.59 Å². The summed E-state index contributed by atoms with van der Waals surface area (Å²) in [6, 6.07) is 12.9. The molecule has 0 aliphatic carbocycles. The van der Waals surface area contributed by atoms with Crippen LogP contribution in [-0.4, -0.2) is 11.9 Å². The summed E-state index contributed by atoms with van der Waals surface area (Å²) in [4.78, 5) is 22.9. The Kier molecular flexibility index (Phi) is 5.01. The zero-order valence-corrected chi connectivity index (χ0v) is 12.7. The van der Waals surface area contributed by atoms with E-state index in [0.717, 1.165) is 5.56 Å². The van der Waals surface area contributed by atoms with Crippen LogP contribution in [-0.2, 0) is 0 Å². The molecule has 0 aliphatic heterocycles. The van der Waals surface area contributed by atoms with Gasteiger partial charge in [0.15, 0.2) is 0 Å². The van der Waals surface area contributed by atoms with Crippen LogP contribution in [0.1, 0.15) is 28.9 Å². The molecule has 0 bridgehead atoms. The molecule has 0 heterocycles. The fraction of sp³-hybridized carbons (Fsp3) is 0.125. The smallest absolute Gasteiger partial charge is 0.316 e. The van der Waals surface area contributed by atoms with Gasteiger partial charge in [-0.3, -0.25) is 4.79 Å². The van der Waals surface area contributed by atoms with E-state index >= 15 is 0 Å². The molecule has 0 saturated carbocycles. The number of benzene rings is 2. The van der Waals surface area contributed by atoms with Crippen molar-refractivity contribution in [2.75, 3.05) is 5.32 Å². The minimum atomic E-state index is -0.649. The maximum absolute atomic E-state index is 12.2. The topological polar surface area (TPSA) is 84.2 Å². The van der Waals surface area contributed by atoms with E-state index in [-0.39, 0.29) is 11.9 Å². The number of carbonyl (C=O) groups excluding carboxylic acids is 2. The third kappa shape index (κ3) is 3.99. The molecule has 1 unspecified atom stereocenters. The number of hydrogen-bond donors (Lipinski definition) is 3. The first-order chi connectivity index (χ1) is 10.5. The standard InChI is InChI=1S/C16H16ClN3O2/c1-10(13-4-2-3-5-14(13)17)19-15(21)11-6-8-12(9-7-11)20-16(18)22/h2-10H,1H3,(H,19,21)(H3,18,20,22). The molecule has 2 aromatic rings. The number of carbonyl (C=O) groups is 2. The van der Waals surface area contributed by atoms with E-state index in [4.69, 9.17) is 17.3 Å². The number of primary amides is 1. The van der Waals surface area contributed by atoms with Gasteiger partial charge in [-0.05, 0) is 42.8 Å². The molecule has 22 heavy (non-hydrogen) atoms. The van der Waals surface area contributed by atoms with Crippen LogP contribution in [0.4, 0.5) is 10.5 Å². The maximum Gasteiger partial charge on any atom is 0.316 e. The van der Waals surface area contributed by atoms with Crippen LogP contribution >= 0.6 is 11.6 Å². The molecule has 2 aromatic carbocycles. The summed E-state index contributed by atoms with van der Waals surface area (Å²) in [5.74, 6) is -0.224. The van der Waals surface area contributed by atoms with Crippen LogP contribution in [0.5, 0.6) is 0 Å². The molecule has 2 rings (SSSR count). The molecular formula is C16H16ClN3O2. The van der Waals surface area contributed by atoms with Crippen LogP contribution in [0.3, 0.4) is 0 Å². The Morgan fingerprint density at radius 2 is 1.73 bits per heavy atom. The average molecular weight is 318 g/mol. The monoisotopic (exact) mass is 317 g/mol. The summed E-state index contributed by atoms with van der Waals surface area (Å²) in [6.07, 6.45) is 0. The van der Waals surface area contributed by atoms with Gasteiger partial charge in [0.25, 0.3) is 5.91 Å². The van der Waals surface area contributed by atoms with Crippen molar-refractivity contribution >= 4 is 29.2 Å². The minimum absolute atomic E-state index is 0.218. The lowest BCUT2D eigenvalue weighted by molar-refractivity contribution is 0.0940. The van der Waals surface area contributed by atoms with Crippen LogP contribution in [0, 0.1) is 0 Å². The number of anilines is 1. The third-order valence-corrected chi connectivity index (χ3v) is 3.48. The molecule has 0 aliphatic rings. The normalized spacial score (nSPS) is 11.5. The van der Waals surface area contributed by atoms with E-state index in [2.05, 4.69) is 10.6 Å². The summed E-state index contributed by atoms with van der Waals surface area (Å²) in [7, 11) is 0. The fourth-order valence-corrected chi connectivity index (χ4v) is 2.33. The van der Waals surface area contributed by atoms with E-state index in [1.165, 1.54) is 0 Å². The predicted octanol–water partition coefficient (Wildman–Crippen LogP) is 3.32. The zero-order valence-electron chi connectivity index (χ0n) is 12.0. The Hall–Kier alpha value is -2.53. The molecule has 3 amide bonds. The highest BCUT2D eigenvalue weighted by molar-refractivity contribution is 6.31. The van der Waals surface area contributed by atoms with Crippen LogP contribution in [0.15, 0.2) is 48.5 Å². The molecule has 0 radical (unpaired) electrons. The molecule has 0 spiro atoms. The van der Waals surface area contributed by atoms with Gasteiger partial charge >= 0.3 is 6.03 Å². The second-order valence-corrected chi connectivity index (χ2v) is 5.19. The number of rotatable bonds is 4. The van der Waals surface area contributed by atoms with Gasteiger partial charge in [0.2, 0.25) is 0 Å². The van der Waals surface area contributed by atoms with Gasteiger partial charge in [-0.2, -0.15) is 0 Å². The highest BCUT2D eigenvalue weighted by Crippen LogP contribution is 2.22. The van der Waals surface area contributed by atoms with Crippen molar-refractivity contribution in [1.82, 2.24) is 5.32 Å². The number of halogens is 1. The van der Waals surface area contributed by atoms with Gasteiger partial charge in [-0.1, -0.05) is 29.8 Å². The van der Waals surface area contributed by atoms with E-state index in [1.807, 2.05) is 25.1 Å². The van der Waals surface area contributed by atoms with Crippen molar-refractivity contribution in [1.29, 1.82) is 0 Å². The first kappa shape index (κ1) is 15.9. The summed E-state index contributed by atoms with van der Waals surface area (Å²) in [5, 5.41) is 5.92. The Labute approximate surface area is 133 Å². The fourth-order valence-electron chi connectivity index (χ4n) is 2.03. The van der Waals surface area contributed by atoms with Crippen molar-refractivity contribution in [3.63, 3.8) is 0 Å². The average Bonchev–Trinajstić information content (AvgIpc) is 2.47. The molecule has 0 fully saturated rings. The van der Waals surface area contributed by atoms with E-state index < -0.39 is 6.03 Å². The Morgan fingerprint density at radius 1 is 1.09 bits per heavy atom. The van der Waals surface area contributed by atoms with E-state index in [0.29, 0.717) is 16.3 Å². The zero-order chi connectivity index (χ0) is 16.1. The predicted molar refractivity (Wildman–Crippen MR) is 87.0 cm³/mol. The number of urea groups is 1. The second kappa shape index (κ2) is 6.95. The lowest BCUT2D eigenvalue weighted by Gasteiger charge is -2.15. The molecule has 5 nitrogen and oxygen atoms in total. The number of amides is 3. The largest absolute Gasteiger partial charge is 0.351 e. The summed E-state index contributed by atoms with van der Waals surface area (Å²) < 4.78 is 0. The number of nitrogens with one attached hydrogen (secondary N) is 2. The minimum Gasteiger partial charge on any atom is -0.351 e. The second-order valence-electron chi connectivity index (χ2n) is 4.78. The van der Waals surface area contributed by atoms with E-state index in [1.54, 1.807) is 30.3 Å². The molecular weight excluding hydrogens is 302 g/mol.